The Morgan fingerprint density at radius 3 is 2.68 bits per heavy atom. The highest BCUT2D eigenvalue weighted by Gasteiger charge is 2.09. The van der Waals surface area contributed by atoms with Gasteiger partial charge < -0.3 is 4.74 Å². The van der Waals surface area contributed by atoms with E-state index in [1.54, 1.807) is 24.4 Å². The van der Waals surface area contributed by atoms with E-state index in [4.69, 9.17) is 27.9 Å². The van der Waals surface area contributed by atoms with Gasteiger partial charge in [-0.05, 0) is 17.7 Å². The first-order valence-corrected chi connectivity index (χ1v) is 9.04. The number of carbonyl (C=O) groups is 1. The van der Waals surface area contributed by atoms with Crippen LogP contribution in [0.2, 0.25) is 10.0 Å². The molecule has 0 radical (unpaired) electrons. The number of nitrogens with zero attached hydrogens (tertiary/aromatic N) is 1. The molecule has 3 aromatic rings. The van der Waals surface area contributed by atoms with E-state index in [1.165, 1.54) is 16.9 Å². The normalized spacial score (nSPS) is 10.5. The Morgan fingerprint density at radius 1 is 1.12 bits per heavy atom. The van der Waals surface area contributed by atoms with Crippen LogP contribution in [0.3, 0.4) is 0 Å². The quantitative estimate of drug-likeness (QED) is 0.637. The lowest BCUT2D eigenvalue weighted by atomic mass is 10.1. The number of thiazole rings is 1. The smallest absolute Gasteiger partial charge is 0.264 e. The number of aromatic nitrogens is 1. The molecule has 0 unspecified atom stereocenters. The fourth-order valence-electron chi connectivity index (χ4n) is 2.11. The molecule has 1 heterocycles. The average Bonchev–Trinajstić information content (AvgIpc) is 3.03. The van der Waals surface area contributed by atoms with Crippen LogP contribution < -0.4 is 10.1 Å². The van der Waals surface area contributed by atoms with E-state index in [1.807, 2.05) is 18.2 Å². The Labute approximate surface area is 159 Å². The lowest BCUT2D eigenvalue weighted by Crippen LogP contribution is -2.19. The van der Waals surface area contributed by atoms with E-state index in [0.717, 1.165) is 11.3 Å². The molecule has 3 rings (SSSR count). The molecule has 0 saturated carbocycles. The van der Waals surface area contributed by atoms with Crippen molar-refractivity contribution in [1.29, 1.82) is 0 Å². The van der Waals surface area contributed by atoms with Gasteiger partial charge in [0.2, 0.25) is 0 Å². The number of nitrogens with one attached hydrogen (secondary N) is 1. The topological polar surface area (TPSA) is 51.2 Å². The first kappa shape index (κ1) is 17.7. The lowest BCUT2D eigenvalue weighted by Gasteiger charge is -2.06. The lowest BCUT2D eigenvalue weighted by molar-refractivity contribution is -0.118. The summed E-state index contributed by atoms with van der Waals surface area (Å²) in [4.78, 5) is 17.3. The Bertz CT molecular complexity index is 869. The number of amides is 1. The molecule has 0 aliphatic carbocycles. The van der Waals surface area contributed by atoms with Crippen molar-refractivity contribution >= 4 is 45.6 Å². The summed E-state index contributed by atoms with van der Waals surface area (Å²) in [7, 11) is 0. The van der Waals surface area contributed by atoms with Gasteiger partial charge in [-0.15, -0.1) is 11.3 Å². The van der Waals surface area contributed by atoms with Gasteiger partial charge in [0.05, 0.1) is 10.0 Å². The van der Waals surface area contributed by atoms with Gasteiger partial charge in [0.15, 0.2) is 11.7 Å². The van der Waals surface area contributed by atoms with Crippen LogP contribution in [0.25, 0.3) is 0 Å². The molecular weight excluding hydrogens is 379 g/mol. The third-order valence-electron chi connectivity index (χ3n) is 3.28. The Morgan fingerprint density at radius 2 is 1.92 bits per heavy atom. The monoisotopic (exact) mass is 392 g/mol. The van der Waals surface area contributed by atoms with Crippen LogP contribution in [0.4, 0.5) is 5.13 Å². The molecule has 4 nitrogen and oxygen atoms in total. The average molecular weight is 393 g/mol. The summed E-state index contributed by atoms with van der Waals surface area (Å²) in [6.07, 6.45) is 2.56. The summed E-state index contributed by atoms with van der Waals surface area (Å²) in [6, 6.07) is 14.9. The van der Waals surface area contributed by atoms with Gasteiger partial charge in [-0.25, -0.2) is 4.98 Å². The van der Waals surface area contributed by atoms with Crippen molar-refractivity contribution in [3.8, 4) is 5.75 Å². The zero-order chi connectivity index (χ0) is 17.6. The SMILES string of the molecule is O=C(COc1ccc(Cl)c(Cl)c1)Nc1ncc(Cc2ccccc2)s1. The molecule has 0 aliphatic heterocycles. The number of rotatable bonds is 6. The molecule has 25 heavy (non-hydrogen) atoms. The zero-order valence-electron chi connectivity index (χ0n) is 13.0. The summed E-state index contributed by atoms with van der Waals surface area (Å²) in [5.41, 5.74) is 1.20. The predicted molar refractivity (Wildman–Crippen MR) is 102 cm³/mol. The van der Waals surface area contributed by atoms with E-state index < -0.39 is 0 Å². The van der Waals surface area contributed by atoms with Crippen LogP contribution in [-0.2, 0) is 11.2 Å². The van der Waals surface area contributed by atoms with Gasteiger partial charge in [0.1, 0.15) is 5.75 Å². The minimum absolute atomic E-state index is 0.133. The molecular formula is C18H14Cl2N2O2S. The molecule has 1 N–H and O–H groups in total. The number of hydrogen-bond acceptors (Lipinski definition) is 4. The first-order valence-electron chi connectivity index (χ1n) is 7.46. The second-order valence-corrected chi connectivity index (χ2v) is 7.14. The van der Waals surface area contributed by atoms with E-state index in [-0.39, 0.29) is 12.5 Å². The number of hydrogen-bond donors (Lipinski definition) is 1. The van der Waals surface area contributed by atoms with E-state index >= 15 is 0 Å². The van der Waals surface area contributed by atoms with Gasteiger partial charge in [0.25, 0.3) is 5.91 Å². The molecule has 128 valence electrons. The van der Waals surface area contributed by atoms with Crippen molar-refractivity contribution < 1.29 is 9.53 Å². The molecule has 2 aromatic carbocycles. The molecule has 0 spiro atoms. The van der Waals surface area contributed by atoms with Gasteiger partial charge >= 0.3 is 0 Å². The summed E-state index contributed by atoms with van der Waals surface area (Å²) < 4.78 is 5.40. The molecule has 0 atom stereocenters. The van der Waals surface area contributed by atoms with Crippen LogP contribution in [0, 0.1) is 0 Å². The Balaban J connectivity index is 1.52. The Hall–Kier alpha value is -2.08. The molecule has 0 saturated heterocycles. The maximum Gasteiger partial charge on any atom is 0.264 e. The molecule has 1 amide bonds. The highest BCUT2D eigenvalue weighted by molar-refractivity contribution is 7.15. The summed E-state index contributed by atoms with van der Waals surface area (Å²) >= 11 is 13.2. The van der Waals surface area contributed by atoms with E-state index in [2.05, 4.69) is 22.4 Å². The minimum Gasteiger partial charge on any atom is -0.484 e. The second kappa shape index (κ2) is 8.34. The highest BCUT2D eigenvalue weighted by Crippen LogP contribution is 2.26. The van der Waals surface area contributed by atoms with Gasteiger partial charge in [-0.1, -0.05) is 53.5 Å². The van der Waals surface area contributed by atoms with Gasteiger partial charge in [-0.3, -0.25) is 10.1 Å². The van der Waals surface area contributed by atoms with Crippen molar-refractivity contribution in [3.05, 3.63) is 75.2 Å². The predicted octanol–water partition coefficient (Wildman–Crippen LogP) is 5.06. The number of carbonyl (C=O) groups excluding carboxylic acids is 1. The Kier molecular flexibility index (Phi) is 5.91. The van der Waals surface area contributed by atoms with Crippen LogP contribution in [0.1, 0.15) is 10.4 Å². The first-order chi connectivity index (χ1) is 12.1. The zero-order valence-corrected chi connectivity index (χ0v) is 15.4. The van der Waals surface area contributed by atoms with Gasteiger partial charge in [0, 0.05) is 23.6 Å². The third kappa shape index (κ3) is 5.19. The minimum atomic E-state index is -0.285. The van der Waals surface area contributed by atoms with Crippen molar-refractivity contribution in [2.75, 3.05) is 11.9 Å². The summed E-state index contributed by atoms with van der Waals surface area (Å²) in [5, 5.41) is 4.10. The maximum atomic E-state index is 12.0. The van der Waals surface area contributed by atoms with Crippen molar-refractivity contribution in [2.24, 2.45) is 0 Å². The third-order valence-corrected chi connectivity index (χ3v) is 4.93. The van der Waals surface area contributed by atoms with Crippen molar-refractivity contribution in [1.82, 2.24) is 4.98 Å². The molecule has 0 bridgehead atoms. The van der Waals surface area contributed by atoms with E-state index in [0.29, 0.717) is 20.9 Å². The molecule has 0 fully saturated rings. The highest BCUT2D eigenvalue weighted by atomic mass is 35.5. The number of anilines is 1. The fraction of sp³-hybridized carbons (Fsp3) is 0.111. The maximum absolute atomic E-state index is 12.0. The number of benzene rings is 2. The van der Waals surface area contributed by atoms with E-state index in [9.17, 15) is 4.79 Å². The standard InChI is InChI=1S/C18H14Cl2N2O2S/c19-15-7-6-13(9-16(15)20)24-11-17(23)22-18-21-10-14(25-18)8-12-4-2-1-3-5-12/h1-7,9-10H,8,11H2,(H,21,22,23). The van der Waals surface area contributed by atoms with Crippen LogP contribution in [0.5, 0.6) is 5.75 Å². The number of halogens is 2. The largest absolute Gasteiger partial charge is 0.484 e. The fourth-order valence-corrected chi connectivity index (χ4v) is 3.27. The summed E-state index contributed by atoms with van der Waals surface area (Å²) in [5.74, 6) is 0.195. The van der Waals surface area contributed by atoms with Crippen molar-refractivity contribution in [3.63, 3.8) is 0 Å². The van der Waals surface area contributed by atoms with Crippen LogP contribution >= 0.6 is 34.5 Å². The van der Waals surface area contributed by atoms with Crippen molar-refractivity contribution in [2.45, 2.75) is 6.42 Å². The molecule has 0 aliphatic rings. The number of ether oxygens (including phenoxy) is 1. The molecule has 1 aromatic heterocycles. The van der Waals surface area contributed by atoms with Gasteiger partial charge in [-0.2, -0.15) is 0 Å². The molecule has 7 heteroatoms. The second-order valence-electron chi connectivity index (χ2n) is 5.21. The van der Waals surface area contributed by atoms with Crippen LogP contribution in [-0.4, -0.2) is 17.5 Å². The summed E-state index contributed by atoms with van der Waals surface area (Å²) in [6.45, 7) is -0.133. The van der Waals surface area contributed by atoms with Crippen LogP contribution in [0.15, 0.2) is 54.7 Å².